The van der Waals surface area contributed by atoms with Crippen LogP contribution in [0, 0.1) is 0 Å². The molecular formula is C17H35IN6O. The Morgan fingerprint density at radius 1 is 1.40 bits per heavy atom. The van der Waals surface area contributed by atoms with E-state index in [1.54, 1.807) is 17.8 Å². The number of aromatic nitrogens is 2. The van der Waals surface area contributed by atoms with Crippen LogP contribution in [-0.2, 0) is 12.6 Å². The third-order valence-electron chi connectivity index (χ3n) is 4.04. The molecule has 1 rings (SSSR count). The molecule has 146 valence electrons. The van der Waals surface area contributed by atoms with Crippen molar-refractivity contribution in [1.29, 1.82) is 0 Å². The van der Waals surface area contributed by atoms with Crippen LogP contribution in [0.4, 0.5) is 0 Å². The highest BCUT2D eigenvalue weighted by molar-refractivity contribution is 14.0. The van der Waals surface area contributed by atoms with Crippen molar-refractivity contribution < 1.29 is 5.11 Å². The molecular weight excluding hydrogens is 431 g/mol. The first-order valence-electron chi connectivity index (χ1n) is 8.77. The number of nitrogens with zero attached hydrogens (tertiary/aromatic N) is 4. The lowest BCUT2D eigenvalue weighted by Crippen LogP contribution is -2.43. The van der Waals surface area contributed by atoms with Gasteiger partial charge in [0.2, 0.25) is 0 Å². The summed E-state index contributed by atoms with van der Waals surface area (Å²) < 4.78 is 1.68. The maximum atomic E-state index is 10.6. The predicted molar refractivity (Wildman–Crippen MR) is 115 cm³/mol. The molecule has 1 aromatic heterocycles. The standard InChI is InChI=1S/C17H34N6O.HI/c1-7-18-16(19-9-10-23(8-2)14(3)4)20-13-17(5,24)15-11-21-22(6)12-15;/h11-12,14,24H,7-10,13H2,1-6H3,(H2,18,19,20);1H. The zero-order valence-corrected chi connectivity index (χ0v) is 18.7. The van der Waals surface area contributed by atoms with E-state index in [0.717, 1.165) is 37.7 Å². The fraction of sp³-hybridized carbons (Fsp3) is 0.765. The molecule has 0 aliphatic heterocycles. The summed E-state index contributed by atoms with van der Waals surface area (Å²) in [5.74, 6) is 0.724. The Balaban J connectivity index is 0.00000576. The van der Waals surface area contributed by atoms with Gasteiger partial charge in [-0.1, -0.05) is 6.92 Å². The van der Waals surface area contributed by atoms with E-state index in [-0.39, 0.29) is 30.5 Å². The molecule has 0 spiro atoms. The average molecular weight is 466 g/mol. The summed E-state index contributed by atoms with van der Waals surface area (Å²) in [5.41, 5.74) is -0.272. The van der Waals surface area contributed by atoms with Gasteiger partial charge >= 0.3 is 0 Å². The monoisotopic (exact) mass is 466 g/mol. The Morgan fingerprint density at radius 3 is 2.56 bits per heavy atom. The maximum absolute atomic E-state index is 10.6. The molecule has 0 saturated carbocycles. The van der Waals surface area contributed by atoms with E-state index in [0.29, 0.717) is 6.04 Å². The van der Waals surface area contributed by atoms with E-state index in [1.807, 2.05) is 20.2 Å². The molecule has 3 N–H and O–H groups in total. The van der Waals surface area contributed by atoms with Gasteiger partial charge in [0, 0.05) is 44.5 Å². The molecule has 1 aromatic rings. The molecule has 7 nitrogen and oxygen atoms in total. The number of guanidine groups is 1. The summed E-state index contributed by atoms with van der Waals surface area (Å²) in [4.78, 5) is 6.92. The number of hydrogen-bond donors (Lipinski definition) is 3. The van der Waals surface area contributed by atoms with Crippen LogP contribution in [0.15, 0.2) is 17.4 Å². The zero-order chi connectivity index (χ0) is 18.2. The van der Waals surface area contributed by atoms with Gasteiger partial charge in [0.05, 0.1) is 12.7 Å². The normalized spacial score (nSPS) is 14.4. The number of likely N-dealkylation sites (N-methyl/N-ethyl adjacent to an activating group) is 1. The van der Waals surface area contributed by atoms with Gasteiger partial charge in [-0.3, -0.25) is 9.58 Å². The molecule has 25 heavy (non-hydrogen) atoms. The van der Waals surface area contributed by atoms with Gasteiger partial charge in [0.25, 0.3) is 0 Å². The SMILES string of the molecule is CCNC(=NCC(C)(O)c1cnn(C)c1)NCCN(CC)C(C)C.I. The van der Waals surface area contributed by atoms with Crippen molar-refractivity contribution in [3.05, 3.63) is 18.0 Å². The van der Waals surface area contributed by atoms with Crippen molar-refractivity contribution in [2.75, 3.05) is 32.7 Å². The van der Waals surface area contributed by atoms with E-state index < -0.39 is 5.60 Å². The van der Waals surface area contributed by atoms with Crippen LogP contribution in [0.1, 0.15) is 40.2 Å². The number of hydrogen-bond acceptors (Lipinski definition) is 4. The molecule has 0 aliphatic carbocycles. The number of rotatable bonds is 9. The van der Waals surface area contributed by atoms with Gasteiger partial charge < -0.3 is 15.7 Å². The van der Waals surface area contributed by atoms with Crippen LogP contribution in [0.5, 0.6) is 0 Å². The fourth-order valence-electron chi connectivity index (χ4n) is 2.46. The second kappa shape index (κ2) is 11.7. The van der Waals surface area contributed by atoms with Gasteiger partial charge in [-0.05, 0) is 34.2 Å². The summed E-state index contributed by atoms with van der Waals surface area (Å²) in [6.45, 7) is 14.2. The Labute approximate surface area is 169 Å². The first-order chi connectivity index (χ1) is 11.3. The molecule has 0 aromatic carbocycles. The van der Waals surface area contributed by atoms with Crippen LogP contribution in [-0.4, -0.2) is 64.5 Å². The molecule has 0 amide bonds. The fourth-order valence-corrected chi connectivity index (χ4v) is 2.46. The third-order valence-corrected chi connectivity index (χ3v) is 4.04. The predicted octanol–water partition coefficient (Wildman–Crippen LogP) is 1.53. The van der Waals surface area contributed by atoms with E-state index in [1.165, 1.54) is 0 Å². The average Bonchev–Trinajstić information content (AvgIpc) is 2.96. The summed E-state index contributed by atoms with van der Waals surface area (Å²) in [6, 6.07) is 0.530. The first kappa shape index (κ1) is 24.1. The summed E-state index contributed by atoms with van der Waals surface area (Å²) >= 11 is 0. The van der Waals surface area contributed by atoms with Crippen molar-refractivity contribution in [2.24, 2.45) is 12.0 Å². The van der Waals surface area contributed by atoms with Crippen molar-refractivity contribution in [1.82, 2.24) is 25.3 Å². The Hall–Kier alpha value is -0.870. The van der Waals surface area contributed by atoms with Crippen molar-refractivity contribution in [2.45, 2.75) is 46.3 Å². The van der Waals surface area contributed by atoms with Crippen molar-refractivity contribution in [3.63, 3.8) is 0 Å². The molecule has 8 heteroatoms. The Kier molecular flexibility index (Phi) is 11.3. The number of aliphatic hydroxyl groups is 1. The van der Waals surface area contributed by atoms with Crippen LogP contribution in [0.25, 0.3) is 0 Å². The van der Waals surface area contributed by atoms with Crippen molar-refractivity contribution in [3.8, 4) is 0 Å². The van der Waals surface area contributed by atoms with Gasteiger partial charge in [0.1, 0.15) is 5.60 Å². The number of nitrogens with one attached hydrogen (secondary N) is 2. The summed E-state index contributed by atoms with van der Waals surface area (Å²) in [5, 5.41) is 21.3. The lowest BCUT2D eigenvalue weighted by molar-refractivity contribution is 0.0671. The quantitative estimate of drug-likeness (QED) is 0.293. The lowest BCUT2D eigenvalue weighted by Gasteiger charge is -2.25. The second-order valence-corrected chi connectivity index (χ2v) is 6.52. The van der Waals surface area contributed by atoms with Crippen molar-refractivity contribution >= 4 is 29.9 Å². The van der Waals surface area contributed by atoms with Gasteiger partial charge in [-0.2, -0.15) is 5.10 Å². The van der Waals surface area contributed by atoms with Crippen LogP contribution < -0.4 is 10.6 Å². The Morgan fingerprint density at radius 2 is 2.08 bits per heavy atom. The molecule has 1 atom stereocenters. The molecule has 0 aliphatic rings. The smallest absolute Gasteiger partial charge is 0.191 e. The number of aryl methyl sites for hydroxylation is 1. The molecule has 0 saturated heterocycles. The molecule has 0 radical (unpaired) electrons. The lowest BCUT2D eigenvalue weighted by atomic mass is 10.0. The van der Waals surface area contributed by atoms with E-state index in [9.17, 15) is 5.11 Å². The topological polar surface area (TPSA) is 77.7 Å². The highest BCUT2D eigenvalue weighted by atomic mass is 127. The first-order valence-corrected chi connectivity index (χ1v) is 8.77. The largest absolute Gasteiger partial charge is 0.383 e. The molecule has 0 fully saturated rings. The zero-order valence-electron chi connectivity index (χ0n) is 16.4. The minimum absolute atomic E-state index is 0. The van der Waals surface area contributed by atoms with E-state index in [4.69, 9.17) is 0 Å². The molecule has 1 heterocycles. The maximum Gasteiger partial charge on any atom is 0.191 e. The summed E-state index contributed by atoms with van der Waals surface area (Å²) in [7, 11) is 1.84. The van der Waals surface area contributed by atoms with Crippen LogP contribution >= 0.6 is 24.0 Å². The van der Waals surface area contributed by atoms with Gasteiger partial charge in [-0.15, -0.1) is 24.0 Å². The third kappa shape index (κ3) is 8.37. The highest BCUT2D eigenvalue weighted by Gasteiger charge is 2.24. The Bertz CT molecular complexity index is 515. The molecule has 0 bridgehead atoms. The summed E-state index contributed by atoms with van der Waals surface area (Å²) in [6.07, 6.45) is 3.50. The van der Waals surface area contributed by atoms with E-state index >= 15 is 0 Å². The van der Waals surface area contributed by atoms with Gasteiger partial charge in [0.15, 0.2) is 5.96 Å². The van der Waals surface area contributed by atoms with Gasteiger partial charge in [-0.25, -0.2) is 4.99 Å². The highest BCUT2D eigenvalue weighted by Crippen LogP contribution is 2.19. The van der Waals surface area contributed by atoms with Crippen LogP contribution in [0.3, 0.4) is 0 Å². The minimum atomic E-state index is -1.04. The number of aliphatic imine (C=N–C) groups is 1. The number of halogens is 1. The second-order valence-electron chi connectivity index (χ2n) is 6.52. The molecule has 1 unspecified atom stereocenters. The van der Waals surface area contributed by atoms with Crippen LogP contribution in [0.2, 0.25) is 0 Å². The minimum Gasteiger partial charge on any atom is -0.383 e. The van der Waals surface area contributed by atoms with E-state index in [2.05, 4.69) is 46.4 Å².